The maximum Gasteiger partial charge on any atom is 0.206 e. The lowest BCUT2D eigenvalue weighted by atomic mass is 10.1. The molecular weight excluding hydrogens is 428 g/mol. The van der Waals surface area contributed by atoms with Crippen molar-refractivity contribution < 1.29 is 5.11 Å². The van der Waals surface area contributed by atoms with E-state index in [4.69, 9.17) is 5.73 Å². The van der Waals surface area contributed by atoms with Crippen molar-refractivity contribution in [2.45, 2.75) is 25.3 Å². The van der Waals surface area contributed by atoms with Crippen LogP contribution in [0.2, 0.25) is 0 Å². The zero-order valence-corrected chi connectivity index (χ0v) is 19.0. The van der Waals surface area contributed by atoms with Gasteiger partial charge in [-0.1, -0.05) is 18.1 Å². The highest BCUT2D eigenvalue weighted by atomic mass is 16.3. The molecule has 1 saturated heterocycles. The molecule has 5 rings (SSSR count). The fourth-order valence-corrected chi connectivity index (χ4v) is 4.05. The summed E-state index contributed by atoms with van der Waals surface area (Å²) < 4.78 is 0. The van der Waals surface area contributed by atoms with E-state index in [1.165, 1.54) is 12.8 Å². The van der Waals surface area contributed by atoms with Crippen molar-refractivity contribution in [1.29, 1.82) is 0 Å². The standard InChI is InChI=1S/C25H28N8O/c26-25-21(17-20(30-31-25)19-5-1-2-6-22(19)34)32-13-4-14-33(16-15-32)24-10-12-28-23(29-24)7-3-11-27-18-8-9-18/h1-2,5-6,10,12,17-18,27,34H,4,8-9,11,13-16H2,(H2,26,31). The van der Waals surface area contributed by atoms with Gasteiger partial charge in [0.05, 0.1) is 17.9 Å². The van der Waals surface area contributed by atoms with E-state index in [1.54, 1.807) is 18.3 Å². The summed E-state index contributed by atoms with van der Waals surface area (Å²) in [4.78, 5) is 13.5. The van der Waals surface area contributed by atoms with E-state index in [1.807, 2.05) is 24.3 Å². The molecule has 1 saturated carbocycles. The Balaban J connectivity index is 1.28. The summed E-state index contributed by atoms with van der Waals surface area (Å²) in [5.74, 6) is 8.16. The number of hydrogen-bond acceptors (Lipinski definition) is 9. The van der Waals surface area contributed by atoms with Crippen LogP contribution in [-0.4, -0.2) is 64.0 Å². The summed E-state index contributed by atoms with van der Waals surface area (Å²) in [6.45, 7) is 3.90. The van der Waals surface area contributed by atoms with Crippen molar-refractivity contribution in [3.05, 3.63) is 48.4 Å². The Morgan fingerprint density at radius 3 is 2.74 bits per heavy atom. The lowest BCUT2D eigenvalue weighted by Crippen LogP contribution is -2.31. The van der Waals surface area contributed by atoms with Crippen molar-refractivity contribution >= 4 is 17.3 Å². The maximum absolute atomic E-state index is 10.2. The van der Waals surface area contributed by atoms with Crippen LogP contribution in [0.3, 0.4) is 0 Å². The SMILES string of the molecule is Nc1nnc(-c2ccccc2O)cc1N1CCCN(c2ccnc(C#CCNC3CC3)n2)CC1. The van der Waals surface area contributed by atoms with Crippen LogP contribution in [-0.2, 0) is 0 Å². The molecule has 4 N–H and O–H groups in total. The normalized spacial score (nSPS) is 16.0. The zero-order chi connectivity index (χ0) is 23.3. The maximum atomic E-state index is 10.2. The van der Waals surface area contributed by atoms with Gasteiger partial charge in [0.15, 0.2) is 5.82 Å². The summed E-state index contributed by atoms with van der Waals surface area (Å²) in [6.07, 6.45) is 5.20. The van der Waals surface area contributed by atoms with Crippen LogP contribution in [0, 0.1) is 11.8 Å². The number of rotatable bonds is 5. The van der Waals surface area contributed by atoms with E-state index in [9.17, 15) is 5.11 Å². The minimum Gasteiger partial charge on any atom is -0.507 e. The molecule has 0 spiro atoms. The molecule has 0 amide bonds. The molecule has 2 aromatic heterocycles. The smallest absolute Gasteiger partial charge is 0.206 e. The molecule has 174 valence electrons. The molecule has 2 aliphatic rings. The molecule has 0 atom stereocenters. The minimum absolute atomic E-state index is 0.167. The van der Waals surface area contributed by atoms with Crippen molar-refractivity contribution in [1.82, 2.24) is 25.5 Å². The summed E-state index contributed by atoms with van der Waals surface area (Å²) in [5.41, 5.74) is 8.26. The number of aromatic hydroxyl groups is 1. The number of nitrogen functional groups attached to an aromatic ring is 1. The number of hydrogen-bond donors (Lipinski definition) is 3. The average Bonchev–Trinajstić information content (AvgIpc) is 3.70. The average molecular weight is 457 g/mol. The molecule has 0 unspecified atom stereocenters. The Morgan fingerprint density at radius 2 is 1.88 bits per heavy atom. The largest absolute Gasteiger partial charge is 0.507 e. The third-order valence-corrected chi connectivity index (χ3v) is 6.04. The molecule has 1 aliphatic carbocycles. The highest BCUT2D eigenvalue weighted by Gasteiger charge is 2.21. The number of anilines is 3. The van der Waals surface area contributed by atoms with Crippen molar-refractivity contribution in [3.8, 4) is 28.8 Å². The van der Waals surface area contributed by atoms with E-state index >= 15 is 0 Å². The molecule has 9 heteroatoms. The van der Waals surface area contributed by atoms with Gasteiger partial charge in [-0.05, 0) is 49.4 Å². The van der Waals surface area contributed by atoms with Gasteiger partial charge in [0.2, 0.25) is 5.82 Å². The minimum atomic E-state index is 0.167. The fraction of sp³-hybridized carbons (Fsp3) is 0.360. The second kappa shape index (κ2) is 9.93. The number of phenols is 1. The van der Waals surface area contributed by atoms with Gasteiger partial charge in [-0.25, -0.2) is 9.97 Å². The van der Waals surface area contributed by atoms with Crippen LogP contribution in [0.1, 0.15) is 25.1 Å². The third-order valence-electron chi connectivity index (χ3n) is 6.04. The Morgan fingerprint density at radius 1 is 1.06 bits per heavy atom. The van der Waals surface area contributed by atoms with E-state index in [-0.39, 0.29) is 5.75 Å². The van der Waals surface area contributed by atoms with Gasteiger partial charge < -0.3 is 26.0 Å². The Hall–Kier alpha value is -3.90. The summed E-state index contributed by atoms with van der Waals surface area (Å²) >= 11 is 0. The molecule has 3 aromatic rings. The third kappa shape index (κ3) is 5.18. The Labute approximate surface area is 199 Å². The first kappa shape index (κ1) is 21.9. The van der Waals surface area contributed by atoms with Crippen molar-refractivity contribution in [3.63, 3.8) is 0 Å². The Bertz CT molecular complexity index is 1220. The fourth-order valence-electron chi connectivity index (χ4n) is 4.05. The first-order chi connectivity index (χ1) is 16.7. The highest BCUT2D eigenvalue weighted by Crippen LogP contribution is 2.31. The van der Waals surface area contributed by atoms with E-state index in [2.05, 4.69) is 47.1 Å². The summed E-state index contributed by atoms with van der Waals surface area (Å²) in [6, 6.07) is 11.6. The molecule has 1 aliphatic heterocycles. The lowest BCUT2D eigenvalue weighted by molar-refractivity contribution is 0.477. The van der Waals surface area contributed by atoms with Crippen LogP contribution in [0.4, 0.5) is 17.3 Å². The van der Waals surface area contributed by atoms with Gasteiger partial charge in [-0.2, -0.15) is 0 Å². The van der Waals surface area contributed by atoms with Crippen LogP contribution >= 0.6 is 0 Å². The topological polar surface area (TPSA) is 116 Å². The molecule has 2 fully saturated rings. The van der Waals surface area contributed by atoms with Crippen LogP contribution in [0.25, 0.3) is 11.3 Å². The lowest BCUT2D eigenvalue weighted by Gasteiger charge is -2.25. The molecule has 1 aromatic carbocycles. The predicted molar refractivity (Wildman–Crippen MR) is 133 cm³/mol. The number of aromatic nitrogens is 4. The number of phenolic OH excluding ortho intramolecular Hbond substituents is 1. The molecule has 0 bridgehead atoms. The Kier molecular flexibility index (Phi) is 6.40. The summed E-state index contributed by atoms with van der Waals surface area (Å²) in [5, 5.41) is 21.9. The van der Waals surface area contributed by atoms with Gasteiger partial charge >= 0.3 is 0 Å². The number of nitrogens with one attached hydrogen (secondary N) is 1. The van der Waals surface area contributed by atoms with E-state index < -0.39 is 0 Å². The summed E-state index contributed by atoms with van der Waals surface area (Å²) in [7, 11) is 0. The number of nitrogens with zero attached hydrogens (tertiary/aromatic N) is 6. The van der Waals surface area contributed by atoms with E-state index in [0.29, 0.717) is 35.5 Å². The second-order valence-electron chi connectivity index (χ2n) is 8.54. The van der Waals surface area contributed by atoms with Crippen LogP contribution < -0.4 is 20.9 Å². The monoisotopic (exact) mass is 456 g/mol. The van der Waals surface area contributed by atoms with Crippen LogP contribution in [0.5, 0.6) is 5.75 Å². The van der Waals surface area contributed by atoms with Gasteiger partial charge in [0, 0.05) is 44.0 Å². The second-order valence-corrected chi connectivity index (χ2v) is 8.54. The first-order valence-electron chi connectivity index (χ1n) is 11.6. The first-order valence-corrected chi connectivity index (χ1v) is 11.6. The number of nitrogens with two attached hydrogens (primary N) is 1. The number of benzene rings is 1. The van der Waals surface area contributed by atoms with Gasteiger partial charge in [-0.15, -0.1) is 10.2 Å². The number of para-hydroxylation sites is 1. The van der Waals surface area contributed by atoms with Gasteiger partial charge in [0.25, 0.3) is 0 Å². The molecule has 9 nitrogen and oxygen atoms in total. The quantitative estimate of drug-likeness (QED) is 0.496. The van der Waals surface area contributed by atoms with Crippen LogP contribution in [0.15, 0.2) is 42.6 Å². The zero-order valence-electron chi connectivity index (χ0n) is 19.0. The molecular formula is C25H28N8O. The molecule has 34 heavy (non-hydrogen) atoms. The molecule has 3 heterocycles. The highest BCUT2D eigenvalue weighted by molar-refractivity contribution is 5.74. The van der Waals surface area contributed by atoms with Crippen molar-refractivity contribution in [2.24, 2.45) is 0 Å². The predicted octanol–water partition coefficient (Wildman–Crippen LogP) is 2.04. The van der Waals surface area contributed by atoms with Crippen molar-refractivity contribution in [2.75, 3.05) is 48.3 Å². The van der Waals surface area contributed by atoms with E-state index in [0.717, 1.165) is 44.1 Å². The van der Waals surface area contributed by atoms with Gasteiger partial charge in [-0.3, -0.25) is 0 Å². The molecule has 0 radical (unpaired) electrons. The van der Waals surface area contributed by atoms with Gasteiger partial charge in [0.1, 0.15) is 11.6 Å².